The van der Waals surface area contributed by atoms with Crippen LogP contribution >= 0.6 is 46.4 Å². The third-order valence-corrected chi connectivity index (χ3v) is 2.19. The second-order valence-corrected chi connectivity index (χ2v) is 4.32. The first-order chi connectivity index (χ1) is 7.22. The first-order valence-corrected chi connectivity index (χ1v) is 6.99. The molecule has 0 aliphatic rings. The number of nitrogens with zero attached hydrogens (tertiary/aromatic N) is 1. The molecule has 6 heteroatoms. The maximum absolute atomic E-state index is 5.45. The van der Waals surface area contributed by atoms with E-state index in [1.165, 1.54) is 0 Å². The van der Waals surface area contributed by atoms with E-state index >= 15 is 0 Å². The van der Waals surface area contributed by atoms with E-state index in [1.54, 1.807) is 0 Å². The number of hydrogen-bond donors (Lipinski definition) is 1. The van der Waals surface area contributed by atoms with Crippen LogP contribution in [0.2, 0.25) is 0 Å². The van der Waals surface area contributed by atoms with Crippen molar-refractivity contribution in [2.24, 2.45) is 0 Å². The van der Waals surface area contributed by atoms with Gasteiger partial charge in [-0.2, -0.15) is 0 Å². The van der Waals surface area contributed by atoms with Crippen LogP contribution in [0.5, 0.6) is 0 Å². The van der Waals surface area contributed by atoms with Crippen molar-refractivity contribution < 1.29 is 0 Å². The minimum atomic E-state index is 0.664. The lowest BCUT2D eigenvalue weighted by Crippen LogP contribution is -2.22. The Bertz CT molecular complexity index is 96.1. The molecule has 94 valence electrons. The normalized spacial score (nSPS) is 10.0. The zero-order valence-electron chi connectivity index (χ0n) is 9.12. The molecule has 2 nitrogen and oxygen atoms in total. The first kappa shape index (κ1) is 18.4. The molecule has 0 bridgehead atoms. The fraction of sp³-hybridized carbons (Fsp3) is 1.00. The molecule has 0 aromatic carbocycles. The van der Waals surface area contributed by atoms with Crippen molar-refractivity contribution in [3.8, 4) is 0 Å². The second kappa shape index (κ2) is 17.5. The van der Waals surface area contributed by atoms with Crippen LogP contribution in [0.3, 0.4) is 0 Å². The molecule has 0 atom stereocenters. The molecule has 0 spiro atoms. The van der Waals surface area contributed by atoms with Gasteiger partial charge in [0.25, 0.3) is 0 Å². The predicted molar refractivity (Wildman–Crippen MR) is 73.2 cm³/mol. The van der Waals surface area contributed by atoms with Crippen LogP contribution in [0, 0.1) is 0 Å². The molecular weight excluding hydrogens is 278 g/mol. The Kier molecular flexibility index (Phi) is 21.5. The van der Waals surface area contributed by atoms with Gasteiger partial charge >= 0.3 is 0 Å². The predicted octanol–water partition coefficient (Wildman–Crippen LogP) is 2.45. The number of hydrogen-bond acceptors (Lipinski definition) is 2. The average molecular weight is 298 g/mol. The lowest BCUT2D eigenvalue weighted by molar-refractivity contribution is 0.378. The number of rotatable bonds is 8. The van der Waals surface area contributed by atoms with Gasteiger partial charge in [0.05, 0.1) is 0 Å². The van der Waals surface area contributed by atoms with Crippen molar-refractivity contribution in [2.75, 3.05) is 56.7 Å². The minimum Gasteiger partial charge on any atom is -0.314 e. The summed E-state index contributed by atoms with van der Waals surface area (Å²) < 4.78 is 0. The van der Waals surface area contributed by atoms with Gasteiger partial charge in [-0.3, -0.25) is 0 Å². The Balaban J connectivity index is 0. The molecule has 1 N–H and O–H groups in total. The zero-order chi connectivity index (χ0) is 11.9. The van der Waals surface area contributed by atoms with Crippen LogP contribution in [0.4, 0.5) is 0 Å². The number of halogens is 4. The monoisotopic (exact) mass is 296 g/mol. The molecule has 0 saturated carbocycles. The van der Waals surface area contributed by atoms with Crippen LogP contribution < -0.4 is 5.32 Å². The standard InChI is InChI=1S/C5H11Cl2N.C4H9Cl2N/c1-8(4-2-6)5-3-7;5-1-3-7-4-2-6/h2-5H2,1H3;7H,1-4H2. The molecule has 0 saturated heterocycles. The summed E-state index contributed by atoms with van der Waals surface area (Å²) in [6.07, 6.45) is 0. The fourth-order valence-corrected chi connectivity index (χ4v) is 1.50. The van der Waals surface area contributed by atoms with E-state index < -0.39 is 0 Å². The van der Waals surface area contributed by atoms with Crippen molar-refractivity contribution in [3.63, 3.8) is 0 Å². The summed E-state index contributed by atoms with van der Waals surface area (Å²) in [5, 5.41) is 3.02. The lowest BCUT2D eigenvalue weighted by Gasteiger charge is -2.11. The molecule has 0 aliphatic heterocycles. The molecule has 0 radical (unpaired) electrons. The van der Waals surface area contributed by atoms with Crippen LogP contribution in [0.1, 0.15) is 0 Å². The Morgan fingerprint density at radius 1 is 0.800 bits per heavy atom. The van der Waals surface area contributed by atoms with E-state index in [0.29, 0.717) is 23.5 Å². The molecular formula is C9H20Cl4N2. The molecule has 0 heterocycles. The number of alkyl halides is 4. The van der Waals surface area contributed by atoms with E-state index in [4.69, 9.17) is 46.4 Å². The van der Waals surface area contributed by atoms with Gasteiger partial charge in [0.15, 0.2) is 0 Å². The van der Waals surface area contributed by atoms with Crippen molar-refractivity contribution in [3.05, 3.63) is 0 Å². The van der Waals surface area contributed by atoms with Crippen LogP contribution in [-0.2, 0) is 0 Å². The zero-order valence-corrected chi connectivity index (χ0v) is 12.1. The molecule has 0 amide bonds. The average Bonchev–Trinajstić information content (AvgIpc) is 2.20. The molecule has 0 fully saturated rings. The van der Waals surface area contributed by atoms with Gasteiger partial charge in [-0.1, -0.05) is 0 Å². The molecule has 0 aliphatic carbocycles. The Morgan fingerprint density at radius 3 is 1.47 bits per heavy atom. The lowest BCUT2D eigenvalue weighted by atomic mass is 10.6. The highest BCUT2D eigenvalue weighted by Gasteiger charge is 1.92. The largest absolute Gasteiger partial charge is 0.314 e. The van der Waals surface area contributed by atoms with E-state index in [0.717, 1.165) is 26.2 Å². The first-order valence-electron chi connectivity index (χ1n) is 4.86. The molecule has 0 rings (SSSR count). The topological polar surface area (TPSA) is 15.3 Å². The highest BCUT2D eigenvalue weighted by Crippen LogP contribution is 1.85. The highest BCUT2D eigenvalue weighted by molar-refractivity contribution is 6.18. The van der Waals surface area contributed by atoms with Gasteiger partial charge < -0.3 is 10.2 Å². The van der Waals surface area contributed by atoms with Gasteiger partial charge in [-0.25, -0.2) is 0 Å². The second-order valence-electron chi connectivity index (χ2n) is 2.81. The summed E-state index contributed by atoms with van der Waals surface area (Å²) >= 11 is 21.6. The fourth-order valence-electron chi connectivity index (χ4n) is 0.659. The van der Waals surface area contributed by atoms with Gasteiger partial charge in [-0.05, 0) is 7.05 Å². The third-order valence-electron chi connectivity index (χ3n) is 1.48. The summed E-state index contributed by atoms with van der Waals surface area (Å²) in [5.41, 5.74) is 0. The summed E-state index contributed by atoms with van der Waals surface area (Å²) in [7, 11) is 2.00. The smallest absolute Gasteiger partial charge is 0.0351 e. The van der Waals surface area contributed by atoms with Gasteiger partial charge in [0.1, 0.15) is 0 Å². The quantitative estimate of drug-likeness (QED) is 0.547. The Labute approximate surface area is 113 Å². The summed E-state index contributed by atoms with van der Waals surface area (Å²) in [5.74, 6) is 2.70. The summed E-state index contributed by atoms with van der Waals surface area (Å²) in [6.45, 7) is 3.56. The number of nitrogens with one attached hydrogen (secondary N) is 1. The Morgan fingerprint density at radius 2 is 1.20 bits per heavy atom. The van der Waals surface area contributed by atoms with Crippen LogP contribution in [-0.4, -0.2) is 61.6 Å². The minimum absolute atomic E-state index is 0.664. The summed E-state index contributed by atoms with van der Waals surface area (Å²) in [6, 6.07) is 0. The molecule has 0 unspecified atom stereocenters. The van der Waals surface area contributed by atoms with E-state index in [2.05, 4.69) is 10.2 Å². The van der Waals surface area contributed by atoms with Gasteiger partial charge in [0.2, 0.25) is 0 Å². The van der Waals surface area contributed by atoms with E-state index in [-0.39, 0.29) is 0 Å². The van der Waals surface area contributed by atoms with Crippen molar-refractivity contribution in [1.29, 1.82) is 0 Å². The van der Waals surface area contributed by atoms with Crippen molar-refractivity contribution >= 4 is 46.4 Å². The van der Waals surface area contributed by atoms with Crippen molar-refractivity contribution in [2.45, 2.75) is 0 Å². The van der Waals surface area contributed by atoms with Crippen LogP contribution in [0.25, 0.3) is 0 Å². The molecule has 0 aromatic rings. The maximum Gasteiger partial charge on any atom is 0.0351 e. The third kappa shape index (κ3) is 21.0. The van der Waals surface area contributed by atoms with Gasteiger partial charge in [-0.15, -0.1) is 46.4 Å². The van der Waals surface area contributed by atoms with Crippen LogP contribution in [0.15, 0.2) is 0 Å². The summed E-state index contributed by atoms with van der Waals surface area (Å²) in [4.78, 5) is 2.10. The Hall–Kier alpha value is 1.08. The maximum atomic E-state index is 5.45. The molecule has 15 heavy (non-hydrogen) atoms. The molecule has 0 aromatic heterocycles. The van der Waals surface area contributed by atoms with Gasteiger partial charge in [0, 0.05) is 49.7 Å². The SMILES string of the molecule is CN(CCCl)CCCl.ClCCNCCCl. The highest BCUT2D eigenvalue weighted by atomic mass is 35.5. The van der Waals surface area contributed by atoms with Crippen molar-refractivity contribution in [1.82, 2.24) is 10.2 Å². The van der Waals surface area contributed by atoms with E-state index in [9.17, 15) is 0 Å². The van der Waals surface area contributed by atoms with E-state index in [1.807, 2.05) is 7.05 Å².